The molecule has 5 heteroatoms. The highest BCUT2D eigenvalue weighted by Gasteiger charge is 2.40. The van der Waals surface area contributed by atoms with Gasteiger partial charge in [-0.05, 0) is 74.6 Å². The van der Waals surface area contributed by atoms with Crippen LogP contribution in [0.15, 0.2) is 78.9 Å². The minimum Gasteiger partial charge on any atom is -0.444 e. The summed E-state index contributed by atoms with van der Waals surface area (Å²) in [7, 11) is 0. The van der Waals surface area contributed by atoms with Crippen LogP contribution < -0.4 is 10.6 Å². The number of carbonyl (C=O) groups excluding carboxylic acids is 2. The molecule has 4 rings (SSSR count). The summed E-state index contributed by atoms with van der Waals surface area (Å²) in [5.74, 6) is 0.144. The van der Waals surface area contributed by atoms with Gasteiger partial charge in [-0.3, -0.25) is 4.79 Å². The van der Waals surface area contributed by atoms with Gasteiger partial charge >= 0.3 is 6.09 Å². The van der Waals surface area contributed by atoms with Gasteiger partial charge in [0.1, 0.15) is 5.60 Å². The van der Waals surface area contributed by atoms with Crippen LogP contribution in [0.4, 0.5) is 10.5 Å². The zero-order valence-electron chi connectivity index (χ0n) is 19.3. The van der Waals surface area contributed by atoms with Gasteiger partial charge in [0, 0.05) is 23.2 Å². The zero-order chi connectivity index (χ0) is 23.4. The molecule has 0 bridgehead atoms. The maximum atomic E-state index is 12.8. The maximum Gasteiger partial charge on any atom is 0.407 e. The first kappa shape index (κ1) is 22.6. The third-order valence-electron chi connectivity index (χ3n) is 5.53. The summed E-state index contributed by atoms with van der Waals surface area (Å²) >= 11 is 0. The van der Waals surface area contributed by atoms with E-state index in [1.54, 1.807) is 0 Å². The van der Waals surface area contributed by atoms with Gasteiger partial charge in [-0.1, -0.05) is 54.6 Å². The normalized spacial score (nSPS) is 17.2. The molecule has 5 nitrogen and oxygen atoms in total. The number of hydrogen-bond acceptors (Lipinski definition) is 3. The van der Waals surface area contributed by atoms with Crippen LogP contribution in [0.2, 0.25) is 0 Å². The molecule has 2 amide bonds. The minimum absolute atomic E-state index is 0.0904. The lowest BCUT2D eigenvalue weighted by molar-refractivity contribution is 0.0522. The third kappa shape index (κ3) is 6.45. The predicted octanol–water partition coefficient (Wildman–Crippen LogP) is 5.91. The highest BCUT2D eigenvalue weighted by atomic mass is 16.6. The van der Waals surface area contributed by atoms with Gasteiger partial charge in [-0.25, -0.2) is 4.79 Å². The SMILES string of the molecule is CC(C)(C)OC(=O)N[C@@H]1C[C@H]1c1ccc(NC(=O)c2cccc(Cc3ccccc3)c2)cc1. The quantitative estimate of drug-likeness (QED) is 0.499. The van der Waals surface area contributed by atoms with Crippen molar-refractivity contribution >= 4 is 17.7 Å². The number of amides is 2. The minimum atomic E-state index is -0.505. The second-order valence-corrected chi connectivity index (χ2v) is 9.53. The van der Waals surface area contributed by atoms with E-state index in [1.165, 1.54) is 5.56 Å². The molecule has 170 valence electrons. The van der Waals surface area contributed by atoms with Crippen molar-refractivity contribution in [2.75, 3.05) is 5.32 Å². The van der Waals surface area contributed by atoms with Gasteiger partial charge < -0.3 is 15.4 Å². The summed E-state index contributed by atoms with van der Waals surface area (Å²) in [5.41, 5.74) is 4.33. The van der Waals surface area contributed by atoms with Gasteiger partial charge in [0.2, 0.25) is 0 Å². The van der Waals surface area contributed by atoms with Gasteiger partial charge in [0.15, 0.2) is 0 Å². The largest absolute Gasteiger partial charge is 0.444 e. The van der Waals surface area contributed by atoms with E-state index in [0.29, 0.717) is 5.56 Å². The second-order valence-electron chi connectivity index (χ2n) is 9.53. The molecule has 1 aliphatic rings. The van der Waals surface area contributed by atoms with Crippen LogP contribution >= 0.6 is 0 Å². The summed E-state index contributed by atoms with van der Waals surface area (Å²) in [6.07, 6.45) is 1.30. The van der Waals surface area contributed by atoms with Gasteiger partial charge in [-0.15, -0.1) is 0 Å². The highest BCUT2D eigenvalue weighted by Crippen LogP contribution is 2.41. The van der Waals surface area contributed by atoms with Crippen molar-refractivity contribution < 1.29 is 14.3 Å². The average Bonchev–Trinajstić information content (AvgIpc) is 3.52. The topological polar surface area (TPSA) is 67.4 Å². The fourth-order valence-corrected chi connectivity index (χ4v) is 3.85. The Hall–Kier alpha value is -3.60. The van der Waals surface area contributed by atoms with Crippen molar-refractivity contribution in [3.63, 3.8) is 0 Å². The van der Waals surface area contributed by atoms with Crippen molar-refractivity contribution in [2.24, 2.45) is 0 Å². The molecule has 0 heterocycles. The van der Waals surface area contributed by atoms with Gasteiger partial charge in [-0.2, -0.15) is 0 Å². The molecule has 0 radical (unpaired) electrons. The first-order valence-electron chi connectivity index (χ1n) is 11.3. The number of rotatable bonds is 6. The molecule has 0 aromatic heterocycles. The molecule has 0 aliphatic heterocycles. The molecule has 0 spiro atoms. The van der Waals surface area contributed by atoms with Crippen LogP contribution in [-0.4, -0.2) is 23.6 Å². The van der Waals surface area contributed by atoms with E-state index in [0.717, 1.165) is 29.7 Å². The number of anilines is 1. The van der Waals surface area contributed by atoms with E-state index in [-0.39, 0.29) is 24.0 Å². The van der Waals surface area contributed by atoms with Crippen molar-refractivity contribution in [3.8, 4) is 0 Å². The van der Waals surface area contributed by atoms with Crippen LogP contribution in [0.5, 0.6) is 0 Å². The zero-order valence-corrected chi connectivity index (χ0v) is 19.3. The summed E-state index contributed by atoms with van der Waals surface area (Å²) < 4.78 is 5.32. The molecular weight excluding hydrogens is 412 g/mol. The van der Waals surface area contributed by atoms with Crippen molar-refractivity contribution in [1.82, 2.24) is 5.32 Å². The molecule has 2 N–H and O–H groups in total. The average molecular weight is 443 g/mol. The predicted molar refractivity (Wildman–Crippen MR) is 131 cm³/mol. The Morgan fingerprint density at radius 3 is 2.30 bits per heavy atom. The fourth-order valence-electron chi connectivity index (χ4n) is 3.85. The lowest BCUT2D eigenvalue weighted by Gasteiger charge is -2.19. The van der Waals surface area contributed by atoms with Gasteiger partial charge in [0.05, 0.1) is 0 Å². The molecule has 1 aliphatic carbocycles. The van der Waals surface area contributed by atoms with Crippen molar-refractivity contribution in [1.29, 1.82) is 0 Å². The van der Waals surface area contributed by atoms with Crippen molar-refractivity contribution in [2.45, 2.75) is 51.2 Å². The van der Waals surface area contributed by atoms with Crippen LogP contribution in [0.1, 0.15) is 60.2 Å². The summed E-state index contributed by atoms with van der Waals surface area (Å²) in [4.78, 5) is 24.7. The van der Waals surface area contributed by atoms with E-state index in [4.69, 9.17) is 4.74 Å². The molecule has 3 aromatic carbocycles. The first-order chi connectivity index (χ1) is 15.8. The van der Waals surface area contributed by atoms with E-state index in [9.17, 15) is 9.59 Å². The number of nitrogens with one attached hydrogen (secondary N) is 2. The summed E-state index contributed by atoms with van der Waals surface area (Å²) in [6, 6.07) is 25.8. The summed E-state index contributed by atoms with van der Waals surface area (Å²) in [6.45, 7) is 5.55. The van der Waals surface area contributed by atoms with E-state index in [1.807, 2.05) is 87.5 Å². The number of hydrogen-bond donors (Lipinski definition) is 2. The number of benzene rings is 3. The van der Waals surface area contributed by atoms with Crippen LogP contribution in [0.3, 0.4) is 0 Å². The van der Waals surface area contributed by atoms with Crippen LogP contribution in [0, 0.1) is 0 Å². The van der Waals surface area contributed by atoms with Gasteiger partial charge in [0.25, 0.3) is 5.91 Å². The molecule has 1 fully saturated rings. The molecule has 0 unspecified atom stereocenters. The molecule has 33 heavy (non-hydrogen) atoms. The molecule has 1 saturated carbocycles. The van der Waals surface area contributed by atoms with Crippen molar-refractivity contribution in [3.05, 3.63) is 101 Å². The van der Waals surface area contributed by atoms with E-state index >= 15 is 0 Å². The lowest BCUT2D eigenvalue weighted by atomic mass is 10.0. The smallest absolute Gasteiger partial charge is 0.407 e. The Kier molecular flexibility index (Phi) is 6.50. The first-order valence-corrected chi connectivity index (χ1v) is 11.3. The Balaban J connectivity index is 1.32. The Morgan fingerprint density at radius 1 is 0.909 bits per heavy atom. The number of carbonyl (C=O) groups is 2. The Labute approximate surface area is 195 Å². The number of ether oxygens (including phenoxy) is 1. The standard InChI is InChI=1S/C28H30N2O3/c1-28(2,3)33-27(32)30-25-18-24(25)21-12-14-23(15-13-21)29-26(31)22-11-7-10-20(17-22)16-19-8-5-4-6-9-19/h4-15,17,24-25H,16,18H2,1-3H3,(H,29,31)(H,30,32)/t24-,25+/m0/s1. The summed E-state index contributed by atoms with van der Waals surface area (Å²) in [5, 5.41) is 5.90. The lowest BCUT2D eigenvalue weighted by Crippen LogP contribution is -2.34. The molecule has 3 aromatic rings. The van der Waals surface area contributed by atoms with Crippen LogP contribution in [-0.2, 0) is 11.2 Å². The third-order valence-corrected chi connectivity index (χ3v) is 5.53. The highest BCUT2D eigenvalue weighted by molar-refractivity contribution is 6.04. The van der Waals surface area contributed by atoms with E-state index in [2.05, 4.69) is 22.8 Å². The fraction of sp³-hybridized carbons (Fsp3) is 0.286. The Morgan fingerprint density at radius 2 is 1.61 bits per heavy atom. The number of alkyl carbamates (subject to hydrolysis) is 1. The monoisotopic (exact) mass is 442 g/mol. The van der Waals surface area contributed by atoms with Crippen LogP contribution in [0.25, 0.3) is 0 Å². The molecule has 0 saturated heterocycles. The van der Waals surface area contributed by atoms with E-state index < -0.39 is 5.60 Å². The maximum absolute atomic E-state index is 12.8. The molecule has 2 atom stereocenters. The second kappa shape index (κ2) is 9.49. The Bertz CT molecular complexity index is 1120. The molecular formula is C28H30N2O3.